The summed E-state index contributed by atoms with van der Waals surface area (Å²) in [6.45, 7) is -0.767. The third-order valence-electron chi connectivity index (χ3n) is 2.63. The van der Waals surface area contributed by atoms with Gasteiger partial charge in [0.25, 0.3) is 0 Å². The molecule has 2 atom stereocenters. The molecule has 0 aliphatic heterocycles. The number of rotatable bonds is 6. The molecule has 0 aliphatic carbocycles. The number of aliphatic carboxylic acids is 1. The summed E-state index contributed by atoms with van der Waals surface area (Å²) < 4.78 is 4.60. The first-order valence-electron chi connectivity index (χ1n) is 6.03. The van der Waals surface area contributed by atoms with E-state index in [0.29, 0.717) is 5.56 Å². The topological polar surface area (TPSA) is 125 Å². The molecule has 8 nitrogen and oxygen atoms in total. The van der Waals surface area contributed by atoms with Crippen LogP contribution in [0.4, 0.5) is 4.79 Å². The molecule has 4 N–H and O–H groups in total. The van der Waals surface area contributed by atoms with Crippen molar-refractivity contribution in [1.29, 1.82) is 0 Å². The number of ether oxygens (including phenoxy) is 1. The molecule has 0 aromatic heterocycles. The summed E-state index contributed by atoms with van der Waals surface area (Å²) in [5.41, 5.74) is 0.482. The Kier molecular flexibility index (Phi) is 6.15. The number of nitrogens with one attached hydrogen (secondary N) is 2. The van der Waals surface area contributed by atoms with Crippen LogP contribution in [0.1, 0.15) is 11.6 Å². The lowest BCUT2D eigenvalue weighted by Gasteiger charge is -2.19. The van der Waals surface area contributed by atoms with Crippen molar-refractivity contribution in [3.8, 4) is 0 Å². The molecule has 1 rings (SSSR count). The lowest BCUT2D eigenvalue weighted by Crippen LogP contribution is -2.49. The van der Waals surface area contributed by atoms with Gasteiger partial charge in [-0.05, 0) is 5.56 Å². The SMILES string of the molecule is COC(=O)C(NC(=O)NC(CO)C(=O)O)c1ccccc1. The summed E-state index contributed by atoms with van der Waals surface area (Å²) in [7, 11) is 1.17. The number of benzene rings is 1. The van der Waals surface area contributed by atoms with Crippen molar-refractivity contribution in [1.82, 2.24) is 10.6 Å². The average molecular weight is 296 g/mol. The van der Waals surface area contributed by atoms with E-state index in [2.05, 4.69) is 10.1 Å². The Morgan fingerprint density at radius 2 is 1.81 bits per heavy atom. The number of urea groups is 1. The molecule has 0 aliphatic rings. The summed E-state index contributed by atoms with van der Waals surface area (Å²) in [6.07, 6.45) is 0. The lowest BCUT2D eigenvalue weighted by molar-refractivity contribution is -0.143. The molecular formula is C13H16N2O6. The van der Waals surface area contributed by atoms with Crippen LogP contribution in [-0.4, -0.2) is 47.9 Å². The highest BCUT2D eigenvalue weighted by Gasteiger charge is 2.25. The van der Waals surface area contributed by atoms with Crippen LogP contribution in [0, 0.1) is 0 Å². The Balaban J connectivity index is 2.80. The summed E-state index contributed by atoms with van der Waals surface area (Å²) >= 11 is 0. The van der Waals surface area contributed by atoms with Gasteiger partial charge in [-0.15, -0.1) is 0 Å². The van der Waals surface area contributed by atoms with E-state index in [1.165, 1.54) is 7.11 Å². The zero-order valence-corrected chi connectivity index (χ0v) is 11.3. The van der Waals surface area contributed by atoms with Crippen molar-refractivity contribution in [2.75, 3.05) is 13.7 Å². The first kappa shape index (κ1) is 16.4. The van der Waals surface area contributed by atoms with E-state index < -0.39 is 36.7 Å². The van der Waals surface area contributed by atoms with Crippen LogP contribution in [-0.2, 0) is 14.3 Å². The molecule has 21 heavy (non-hydrogen) atoms. The van der Waals surface area contributed by atoms with E-state index in [1.54, 1.807) is 30.3 Å². The van der Waals surface area contributed by atoms with Gasteiger partial charge < -0.3 is 25.6 Å². The number of carbonyl (C=O) groups excluding carboxylic acids is 2. The molecule has 2 amide bonds. The lowest BCUT2D eigenvalue weighted by atomic mass is 10.1. The van der Waals surface area contributed by atoms with Crippen LogP contribution in [0.2, 0.25) is 0 Å². The predicted molar refractivity (Wildman–Crippen MR) is 71.4 cm³/mol. The van der Waals surface area contributed by atoms with E-state index in [0.717, 1.165) is 0 Å². The minimum atomic E-state index is -1.46. The quantitative estimate of drug-likeness (QED) is 0.532. The largest absolute Gasteiger partial charge is 0.480 e. The average Bonchev–Trinajstić information content (AvgIpc) is 2.50. The molecule has 0 bridgehead atoms. The minimum absolute atomic E-state index is 0.482. The van der Waals surface area contributed by atoms with Crippen molar-refractivity contribution in [3.05, 3.63) is 35.9 Å². The van der Waals surface area contributed by atoms with Crippen molar-refractivity contribution < 1.29 is 29.3 Å². The second-order valence-corrected chi connectivity index (χ2v) is 4.06. The second-order valence-electron chi connectivity index (χ2n) is 4.06. The summed E-state index contributed by atoms with van der Waals surface area (Å²) in [6, 6.07) is 4.88. The summed E-state index contributed by atoms with van der Waals surface area (Å²) in [5, 5.41) is 21.9. The fourth-order valence-corrected chi connectivity index (χ4v) is 1.56. The number of carboxylic acid groups (broad SMARTS) is 1. The number of aliphatic hydroxyl groups excluding tert-OH is 1. The highest BCUT2D eigenvalue weighted by molar-refractivity contribution is 5.87. The first-order valence-corrected chi connectivity index (χ1v) is 6.03. The van der Waals surface area contributed by atoms with E-state index >= 15 is 0 Å². The molecule has 0 spiro atoms. The van der Waals surface area contributed by atoms with Crippen LogP contribution in [0.25, 0.3) is 0 Å². The molecular weight excluding hydrogens is 280 g/mol. The Bertz CT molecular complexity index is 505. The van der Waals surface area contributed by atoms with Gasteiger partial charge >= 0.3 is 18.0 Å². The molecule has 1 aromatic carbocycles. The van der Waals surface area contributed by atoms with E-state index in [4.69, 9.17) is 10.2 Å². The van der Waals surface area contributed by atoms with Gasteiger partial charge in [0, 0.05) is 0 Å². The van der Waals surface area contributed by atoms with Gasteiger partial charge in [-0.25, -0.2) is 14.4 Å². The van der Waals surface area contributed by atoms with Gasteiger partial charge in [-0.2, -0.15) is 0 Å². The normalized spacial score (nSPS) is 12.9. The maximum atomic E-state index is 11.7. The standard InChI is InChI=1S/C13H16N2O6/c1-21-12(19)10(8-5-3-2-4-6-8)15-13(20)14-9(7-16)11(17)18/h2-6,9-10,16H,7H2,1H3,(H,17,18)(H2,14,15,20). The van der Waals surface area contributed by atoms with Gasteiger partial charge in [-0.1, -0.05) is 30.3 Å². The summed E-state index contributed by atoms with van der Waals surface area (Å²) in [4.78, 5) is 34.1. The van der Waals surface area contributed by atoms with Gasteiger partial charge in [0.05, 0.1) is 13.7 Å². The zero-order chi connectivity index (χ0) is 15.8. The number of carbonyl (C=O) groups is 3. The Morgan fingerprint density at radius 3 is 2.29 bits per heavy atom. The van der Waals surface area contributed by atoms with Crippen molar-refractivity contribution >= 4 is 18.0 Å². The van der Waals surface area contributed by atoms with E-state index in [1.807, 2.05) is 5.32 Å². The van der Waals surface area contributed by atoms with Crippen molar-refractivity contribution in [3.63, 3.8) is 0 Å². The predicted octanol–water partition coefficient (Wildman–Crippen LogP) is -0.355. The van der Waals surface area contributed by atoms with Gasteiger partial charge in [0.2, 0.25) is 0 Å². The number of carboxylic acids is 1. The monoisotopic (exact) mass is 296 g/mol. The molecule has 0 saturated carbocycles. The third-order valence-corrected chi connectivity index (χ3v) is 2.63. The Morgan fingerprint density at radius 1 is 1.19 bits per heavy atom. The maximum Gasteiger partial charge on any atom is 0.333 e. The smallest absolute Gasteiger partial charge is 0.333 e. The molecule has 1 aromatic rings. The van der Waals surface area contributed by atoms with Gasteiger partial charge in [-0.3, -0.25) is 0 Å². The maximum absolute atomic E-state index is 11.7. The molecule has 0 saturated heterocycles. The highest BCUT2D eigenvalue weighted by Crippen LogP contribution is 2.13. The van der Waals surface area contributed by atoms with Crippen LogP contribution < -0.4 is 10.6 Å². The zero-order valence-electron chi connectivity index (χ0n) is 11.3. The Hall–Kier alpha value is -2.61. The molecule has 0 fully saturated rings. The highest BCUT2D eigenvalue weighted by atomic mass is 16.5. The van der Waals surface area contributed by atoms with Crippen LogP contribution >= 0.6 is 0 Å². The summed E-state index contributed by atoms with van der Waals surface area (Å²) in [5.74, 6) is -2.09. The van der Waals surface area contributed by atoms with Crippen molar-refractivity contribution in [2.24, 2.45) is 0 Å². The van der Waals surface area contributed by atoms with E-state index in [-0.39, 0.29) is 0 Å². The number of aliphatic hydroxyl groups is 1. The van der Waals surface area contributed by atoms with E-state index in [9.17, 15) is 14.4 Å². The van der Waals surface area contributed by atoms with Crippen molar-refractivity contribution in [2.45, 2.75) is 12.1 Å². The number of methoxy groups -OCH3 is 1. The van der Waals surface area contributed by atoms with Crippen LogP contribution in [0.5, 0.6) is 0 Å². The second kappa shape index (κ2) is 7.85. The third kappa shape index (κ3) is 4.77. The molecule has 8 heteroatoms. The number of amides is 2. The molecule has 114 valence electrons. The molecule has 0 radical (unpaired) electrons. The molecule has 0 heterocycles. The molecule has 2 unspecified atom stereocenters. The fraction of sp³-hybridized carbons (Fsp3) is 0.308. The first-order chi connectivity index (χ1) is 9.99. The van der Waals surface area contributed by atoms with Crippen LogP contribution in [0.3, 0.4) is 0 Å². The van der Waals surface area contributed by atoms with Gasteiger partial charge in [0.15, 0.2) is 12.1 Å². The van der Waals surface area contributed by atoms with Crippen LogP contribution in [0.15, 0.2) is 30.3 Å². The minimum Gasteiger partial charge on any atom is -0.480 e. The number of hydrogen-bond acceptors (Lipinski definition) is 5. The number of esters is 1. The number of hydrogen-bond donors (Lipinski definition) is 4. The Labute approximate surface area is 120 Å². The fourth-order valence-electron chi connectivity index (χ4n) is 1.56. The van der Waals surface area contributed by atoms with Gasteiger partial charge in [0.1, 0.15) is 0 Å².